The number of ether oxygens (including phenoxy) is 2. The molecule has 1 aromatic carbocycles. The SMILES string of the molecule is COc1ccc(C)cc1N(O)N1CCOCC1. The largest absolute Gasteiger partial charge is 0.494 e. The maximum atomic E-state index is 10.2. The van der Waals surface area contributed by atoms with Crippen molar-refractivity contribution >= 4 is 5.69 Å². The number of methoxy groups -OCH3 is 1. The molecule has 1 aliphatic rings. The van der Waals surface area contributed by atoms with E-state index in [-0.39, 0.29) is 0 Å². The van der Waals surface area contributed by atoms with Crippen LogP contribution >= 0.6 is 0 Å². The fourth-order valence-corrected chi connectivity index (χ4v) is 1.85. The van der Waals surface area contributed by atoms with Gasteiger partial charge in [-0.15, -0.1) is 0 Å². The molecule has 5 nitrogen and oxygen atoms in total. The average Bonchev–Trinajstić information content (AvgIpc) is 2.39. The van der Waals surface area contributed by atoms with Crippen molar-refractivity contribution in [3.8, 4) is 5.75 Å². The number of benzene rings is 1. The van der Waals surface area contributed by atoms with E-state index in [1.54, 1.807) is 7.11 Å². The van der Waals surface area contributed by atoms with Crippen molar-refractivity contribution in [1.82, 2.24) is 5.01 Å². The fourth-order valence-electron chi connectivity index (χ4n) is 1.85. The third kappa shape index (κ3) is 2.69. The normalized spacial score (nSPS) is 16.9. The van der Waals surface area contributed by atoms with Gasteiger partial charge in [0, 0.05) is 13.1 Å². The number of hydrogen-bond acceptors (Lipinski definition) is 5. The molecular weight excluding hydrogens is 220 g/mol. The van der Waals surface area contributed by atoms with Gasteiger partial charge < -0.3 is 9.47 Å². The van der Waals surface area contributed by atoms with Gasteiger partial charge >= 0.3 is 0 Å². The minimum atomic E-state index is 0.630. The van der Waals surface area contributed by atoms with Gasteiger partial charge in [0.25, 0.3) is 0 Å². The predicted molar refractivity (Wildman–Crippen MR) is 64.4 cm³/mol. The minimum Gasteiger partial charge on any atom is -0.494 e. The quantitative estimate of drug-likeness (QED) is 0.807. The smallest absolute Gasteiger partial charge is 0.146 e. The van der Waals surface area contributed by atoms with Crippen molar-refractivity contribution in [3.05, 3.63) is 23.8 Å². The number of hydrazine groups is 1. The molecule has 0 atom stereocenters. The summed E-state index contributed by atoms with van der Waals surface area (Å²) in [5, 5.41) is 13.2. The molecule has 0 saturated carbocycles. The van der Waals surface area contributed by atoms with Gasteiger partial charge in [-0.1, -0.05) is 6.07 Å². The van der Waals surface area contributed by atoms with E-state index in [9.17, 15) is 5.21 Å². The summed E-state index contributed by atoms with van der Waals surface area (Å²) < 4.78 is 10.5. The first-order chi connectivity index (χ1) is 8.22. The summed E-state index contributed by atoms with van der Waals surface area (Å²) in [4.78, 5) is 0. The molecule has 2 rings (SSSR count). The van der Waals surface area contributed by atoms with Crippen molar-refractivity contribution in [3.63, 3.8) is 0 Å². The van der Waals surface area contributed by atoms with E-state index in [2.05, 4.69) is 0 Å². The lowest BCUT2D eigenvalue weighted by Crippen LogP contribution is -2.47. The zero-order chi connectivity index (χ0) is 12.3. The molecule has 1 aromatic rings. The Bertz CT molecular complexity index is 378. The second-order valence-corrected chi connectivity index (χ2v) is 4.03. The van der Waals surface area contributed by atoms with E-state index in [1.807, 2.05) is 30.1 Å². The Balaban J connectivity index is 2.21. The molecule has 1 fully saturated rings. The van der Waals surface area contributed by atoms with Crippen LogP contribution in [0.4, 0.5) is 5.69 Å². The van der Waals surface area contributed by atoms with Gasteiger partial charge in [-0.05, 0) is 24.6 Å². The first-order valence-electron chi connectivity index (χ1n) is 5.68. The summed E-state index contributed by atoms with van der Waals surface area (Å²) in [6.45, 7) is 4.59. The summed E-state index contributed by atoms with van der Waals surface area (Å²) >= 11 is 0. The van der Waals surface area contributed by atoms with E-state index in [0.29, 0.717) is 37.7 Å². The molecule has 0 aromatic heterocycles. The molecule has 0 aliphatic carbocycles. The van der Waals surface area contributed by atoms with Gasteiger partial charge in [0.15, 0.2) is 0 Å². The van der Waals surface area contributed by atoms with Crippen LogP contribution < -0.4 is 9.91 Å². The standard InChI is InChI=1S/C12H18N2O3/c1-10-3-4-12(16-2)11(9-10)14(15)13-5-7-17-8-6-13/h3-4,9,15H,5-8H2,1-2H3. The topological polar surface area (TPSA) is 45.2 Å². The van der Waals surface area contributed by atoms with Crippen molar-refractivity contribution in [1.29, 1.82) is 0 Å². The highest BCUT2D eigenvalue weighted by molar-refractivity contribution is 5.57. The first kappa shape index (κ1) is 12.2. The van der Waals surface area contributed by atoms with Crippen LogP contribution in [0.2, 0.25) is 0 Å². The van der Waals surface area contributed by atoms with Gasteiger partial charge in [0.1, 0.15) is 11.4 Å². The Morgan fingerprint density at radius 1 is 1.35 bits per heavy atom. The second kappa shape index (κ2) is 5.35. The van der Waals surface area contributed by atoms with E-state index in [0.717, 1.165) is 10.7 Å². The van der Waals surface area contributed by atoms with Gasteiger partial charge in [0.2, 0.25) is 0 Å². The number of hydrogen-bond donors (Lipinski definition) is 1. The highest BCUT2D eigenvalue weighted by Crippen LogP contribution is 2.29. The second-order valence-electron chi connectivity index (χ2n) is 4.03. The predicted octanol–water partition coefficient (Wildman–Crippen LogP) is 1.45. The molecule has 0 spiro atoms. The fraction of sp³-hybridized carbons (Fsp3) is 0.500. The monoisotopic (exact) mass is 238 g/mol. The Morgan fingerprint density at radius 2 is 2.06 bits per heavy atom. The average molecular weight is 238 g/mol. The lowest BCUT2D eigenvalue weighted by molar-refractivity contribution is -0.0233. The van der Waals surface area contributed by atoms with E-state index < -0.39 is 0 Å². The lowest BCUT2D eigenvalue weighted by Gasteiger charge is -2.34. The van der Waals surface area contributed by atoms with Crippen LogP contribution in [0.5, 0.6) is 5.75 Å². The Kier molecular flexibility index (Phi) is 3.83. The van der Waals surface area contributed by atoms with Crippen molar-refractivity contribution in [2.75, 3.05) is 38.6 Å². The Morgan fingerprint density at radius 3 is 2.71 bits per heavy atom. The number of morpholine rings is 1. The highest BCUT2D eigenvalue weighted by Gasteiger charge is 2.20. The van der Waals surface area contributed by atoms with Gasteiger partial charge in [-0.2, -0.15) is 10.2 Å². The van der Waals surface area contributed by atoms with Crippen LogP contribution in [0.3, 0.4) is 0 Å². The van der Waals surface area contributed by atoms with Crippen LogP contribution in [0, 0.1) is 6.92 Å². The van der Waals surface area contributed by atoms with Crippen molar-refractivity contribution in [2.45, 2.75) is 6.92 Å². The van der Waals surface area contributed by atoms with E-state index >= 15 is 0 Å². The maximum absolute atomic E-state index is 10.2. The Hall–Kier alpha value is -1.30. The molecule has 94 valence electrons. The zero-order valence-corrected chi connectivity index (χ0v) is 10.2. The number of rotatable bonds is 3. The number of nitrogens with zero attached hydrogens (tertiary/aromatic N) is 2. The van der Waals surface area contributed by atoms with Gasteiger partial charge in [0.05, 0.1) is 20.3 Å². The molecule has 0 unspecified atom stereocenters. The molecule has 1 heterocycles. The molecule has 1 saturated heterocycles. The molecule has 1 aliphatic heterocycles. The van der Waals surface area contributed by atoms with Crippen LogP contribution in [-0.2, 0) is 4.74 Å². The summed E-state index contributed by atoms with van der Waals surface area (Å²) in [7, 11) is 1.60. The molecule has 0 radical (unpaired) electrons. The summed E-state index contributed by atoms with van der Waals surface area (Å²) in [5.41, 5.74) is 1.74. The first-order valence-corrected chi connectivity index (χ1v) is 5.68. The molecule has 1 N–H and O–H groups in total. The van der Waals surface area contributed by atoms with Crippen LogP contribution in [0.15, 0.2) is 18.2 Å². The molecule has 0 bridgehead atoms. The van der Waals surface area contributed by atoms with Gasteiger partial charge in [-0.3, -0.25) is 5.21 Å². The van der Waals surface area contributed by atoms with Crippen molar-refractivity contribution in [2.24, 2.45) is 0 Å². The molecule has 0 amide bonds. The third-order valence-corrected chi connectivity index (χ3v) is 2.81. The summed E-state index contributed by atoms with van der Waals surface area (Å²) in [6, 6.07) is 5.71. The summed E-state index contributed by atoms with van der Waals surface area (Å²) in [6.07, 6.45) is 0. The van der Waals surface area contributed by atoms with Crippen LogP contribution in [0.1, 0.15) is 5.56 Å². The molecular formula is C12H18N2O3. The molecule has 17 heavy (non-hydrogen) atoms. The Labute approximate surface area is 101 Å². The lowest BCUT2D eigenvalue weighted by atomic mass is 10.2. The maximum Gasteiger partial charge on any atom is 0.146 e. The third-order valence-electron chi connectivity index (χ3n) is 2.81. The van der Waals surface area contributed by atoms with Crippen LogP contribution in [-0.4, -0.2) is 43.6 Å². The van der Waals surface area contributed by atoms with E-state index in [4.69, 9.17) is 9.47 Å². The summed E-state index contributed by atoms with van der Waals surface area (Å²) in [5.74, 6) is 0.657. The molecule has 5 heteroatoms. The van der Waals surface area contributed by atoms with Gasteiger partial charge in [-0.25, -0.2) is 0 Å². The minimum absolute atomic E-state index is 0.630. The number of anilines is 1. The van der Waals surface area contributed by atoms with Crippen LogP contribution in [0.25, 0.3) is 0 Å². The highest BCUT2D eigenvalue weighted by atomic mass is 16.6. The zero-order valence-electron chi connectivity index (χ0n) is 10.2. The van der Waals surface area contributed by atoms with E-state index in [1.165, 1.54) is 0 Å². The number of aryl methyl sites for hydroxylation is 1. The van der Waals surface area contributed by atoms with Crippen molar-refractivity contribution < 1.29 is 14.7 Å².